The van der Waals surface area contributed by atoms with Gasteiger partial charge in [-0.15, -0.1) is 0 Å². The molecule has 11 nitrogen and oxygen atoms in total. The Hall–Kier alpha value is -3.31. The minimum atomic E-state index is -0.599. The molecule has 11 heteroatoms. The maximum absolute atomic E-state index is 13.3. The lowest BCUT2D eigenvalue weighted by Crippen LogP contribution is -2.65. The van der Waals surface area contributed by atoms with E-state index in [9.17, 15) is 14.4 Å². The van der Waals surface area contributed by atoms with Crippen molar-refractivity contribution < 1.29 is 33.1 Å². The third kappa shape index (κ3) is 3.63. The van der Waals surface area contributed by atoms with Crippen LogP contribution in [0.2, 0.25) is 0 Å². The van der Waals surface area contributed by atoms with Crippen molar-refractivity contribution in [3.05, 3.63) is 36.2 Å². The Bertz CT molecular complexity index is 1030. The minimum absolute atomic E-state index is 0.121. The van der Waals surface area contributed by atoms with Crippen LogP contribution in [0.3, 0.4) is 0 Å². The van der Waals surface area contributed by atoms with Gasteiger partial charge in [-0.1, -0.05) is 35.5 Å². The number of urea groups is 1. The molecule has 0 bridgehead atoms. The van der Waals surface area contributed by atoms with Crippen LogP contribution >= 0.6 is 0 Å². The first-order valence-corrected chi connectivity index (χ1v) is 10.3. The molecule has 2 aromatic rings. The quantitative estimate of drug-likeness (QED) is 0.628. The van der Waals surface area contributed by atoms with Crippen LogP contribution in [0.25, 0.3) is 11.4 Å². The molecular weight excluding hydrogens is 420 g/mol. The maximum atomic E-state index is 13.3. The molecule has 1 saturated carbocycles. The number of methoxy groups -OCH3 is 1. The first kappa shape index (κ1) is 20.6. The fraction of sp³-hybridized carbons (Fsp3) is 0.476. The monoisotopic (exact) mass is 442 g/mol. The molecule has 4 unspecified atom stereocenters. The summed E-state index contributed by atoms with van der Waals surface area (Å²) in [4.78, 5) is 45.4. The number of fused-ring (bicyclic) bond motifs is 2. The maximum Gasteiger partial charge on any atom is 0.328 e. The molecule has 1 aromatic carbocycles. The largest absolute Gasteiger partial charge is 0.468 e. The summed E-state index contributed by atoms with van der Waals surface area (Å²) in [5, 5.41) is 3.95. The molecule has 3 heterocycles. The number of imide groups is 1. The average molecular weight is 442 g/mol. The summed E-state index contributed by atoms with van der Waals surface area (Å²) in [5.41, 5.74) is 0.753. The molecule has 3 aliphatic rings. The summed E-state index contributed by atoms with van der Waals surface area (Å²) >= 11 is 0. The summed E-state index contributed by atoms with van der Waals surface area (Å²) in [6.07, 6.45) is 0.377. The third-order valence-electron chi connectivity index (χ3n) is 6.18. The van der Waals surface area contributed by atoms with E-state index < -0.39 is 24.0 Å². The molecule has 168 valence electrons. The highest BCUT2D eigenvalue weighted by molar-refractivity contribution is 5.99. The van der Waals surface area contributed by atoms with Gasteiger partial charge in [0.25, 0.3) is 0 Å². The molecule has 0 radical (unpaired) electrons. The molecule has 0 N–H and O–H groups in total. The number of esters is 1. The lowest BCUT2D eigenvalue weighted by molar-refractivity contribution is -0.151. The number of hydrogen-bond acceptors (Lipinski definition) is 9. The highest BCUT2D eigenvalue weighted by atomic mass is 16.7. The van der Waals surface area contributed by atoms with Crippen molar-refractivity contribution >= 4 is 17.9 Å². The summed E-state index contributed by atoms with van der Waals surface area (Å²) in [5.74, 6) is -0.970. The van der Waals surface area contributed by atoms with Crippen molar-refractivity contribution in [1.29, 1.82) is 0 Å². The first-order valence-electron chi connectivity index (χ1n) is 10.3. The van der Waals surface area contributed by atoms with Gasteiger partial charge in [0.05, 0.1) is 25.2 Å². The lowest BCUT2D eigenvalue weighted by Gasteiger charge is -2.47. The number of carbonyl (C=O) groups excluding carboxylic acids is 3. The van der Waals surface area contributed by atoms with Gasteiger partial charge in [0.1, 0.15) is 19.9 Å². The number of nitrogens with zero attached hydrogens (tertiary/aromatic N) is 4. The Labute approximate surface area is 183 Å². The van der Waals surface area contributed by atoms with Gasteiger partial charge >= 0.3 is 12.0 Å². The Balaban J connectivity index is 1.41. The molecular formula is C21H22N4O7. The van der Waals surface area contributed by atoms with Gasteiger partial charge in [-0.25, -0.2) is 4.79 Å². The highest BCUT2D eigenvalue weighted by Gasteiger charge is 2.53. The highest BCUT2D eigenvalue weighted by Crippen LogP contribution is 2.39. The Morgan fingerprint density at radius 1 is 1.16 bits per heavy atom. The van der Waals surface area contributed by atoms with E-state index in [-0.39, 0.29) is 43.9 Å². The van der Waals surface area contributed by atoms with Crippen molar-refractivity contribution in [3.8, 4) is 11.4 Å². The number of amides is 3. The number of ether oxygens (including phenoxy) is 3. The summed E-state index contributed by atoms with van der Waals surface area (Å²) in [7, 11) is 1.26. The Kier molecular flexibility index (Phi) is 5.35. The number of carbonyl (C=O) groups is 3. The number of rotatable bonds is 5. The summed E-state index contributed by atoms with van der Waals surface area (Å²) < 4.78 is 21.3. The van der Waals surface area contributed by atoms with Crippen LogP contribution < -0.4 is 0 Å². The van der Waals surface area contributed by atoms with Crippen LogP contribution in [-0.2, 0) is 30.3 Å². The molecule has 4 atom stereocenters. The standard InChI is InChI=1S/C21H22N4O7/c1-29-18(26)10-24-14-8-16-15(30-11-31-16)7-13(14)20(27)25(21(24)28)9-17-22-19(23-32-17)12-5-3-2-4-6-12/h2-6,13-16H,7-11H2,1H3. The van der Waals surface area contributed by atoms with Crippen LogP contribution in [-0.4, -0.2) is 76.5 Å². The second-order valence-corrected chi connectivity index (χ2v) is 7.96. The van der Waals surface area contributed by atoms with Crippen LogP contribution in [0.4, 0.5) is 4.79 Å². The number of benzene rings is 1. The molecule has 3 amide bonds. The van der Waals surface area contributed by atoms with Crippen LogP contribution in [0.15, 0.2) is 34.9 Å². The summed E-state index contributed by atoms with van der Waals surface area (Å²) in [6, 6.07) is 8.15. The van der Waals surface area contributed by atoms with E-state index in [2.05, 4.69) is 10.1 Å². The second kappa shape index (κ2) is 8.32. The fourth-order valence-electron chi connectivity index (χ4n) is 4.57. The minimum Gasteiger partial charge on any atom is -0.468 e. The Morgan fingerprint density at radius 2 is 1.91 bits per heavy atom. The van der Waals surface area contributed by atoms with E-state index in [1.807, 2.05) is 30.3 Å². The molecule has 2 aliphatic heterocycles. The molecule has 5 rings (SSSR count). The van der Waals surface area contributed by atoms with E-state index >= 15 is 0 Å². The van der Waals surface area contributed by atoms with Crippen LogP contribution in [0.1, 0.15) is 18.7 Å². The third-order valence-corrected chi connectivity index (χ3v) is 6.18. The van der Waals surface area contributed by atoms with E-state index in [1.165, 1.54) is 12.0 Å². The predicted molar refractivity (Wildman–Crippen MR) is 106 cm³/mol. The molecule has 2 saturated heterocycles. The van der Waals surface area contributed by atoms with Gasteiger partial charge in [-0.3, -0.25) is 14.5 Å². The van der Waals surface area contributed by atoms with Crippen molar-refractivity contribution in [3.63, 3.8) is 0 Å². The van der Waals surface area contributed by atoms with E-state index in [0.717, 1.165) is 10.5 Å². The van der Waals surface area contributed by atoms with Crippen LogP contribution in [0.5, 0.6) is 0 Å². The van der Waals surface area contributed by atoms with Gasteiger partial charge < -0.3 is 23.6 Å². The smallest absolute Gasteiger partial charge is 0.328 e. The topological polar surface area (TPSA) is 124 Å². The lowest BCUT2D eigenvalue weighted by atomic mass is 9.78. The normalized spacial score (nSPS) is 27.3. The zero-order valence-electron chi connectivity index (χ0n) is 17.4. The van der Waals surface area contributed by atoms with Gasteiger partial charge in [-0.2, -0.15) is 4.98 Å². The average Bonchev–Trinajstić information content (AvgIpc) is 3.48. The van der Waals surface area contributed by atoms with Crippen molar-refractivity contribution in [1.82, 2.24) is 19.9 Å². The van der Waals surface area contributed by atoms with Gasteiger partial charge in [-0.05, 0) is 12.8 Å². The van der Waals surface area contributed by atoms with E-state index in [4.69, 9.17) is 18.7 Å². The van der Waals surface area contributed by atoms with Gasteiger partial charge in [0, 0.05) is 11.6 Å². The second-order valence-electron chi connectivity index (χ2n) is 7.96. The molecule has 1 aliphatic carbocycles. The predicted octanol–water partition coefficient (Wildman–Crippen LogP) is 1.19. The number of aromatic nitrogens is 2. The molecule has 1 aromatic heterocycles. The zero-order valence-corrected chi connectivity index (χ0v) is 17.4. The van der Waals surface area contributed by atoms with E-state index in [1.54, 1.807) is 0 Å². The first-order chi connectivity index (χ1) is 15.5. The van der Waals surface area contributed by atoms with Crippen molar-refractivity contribution in [2.45, 2.75) is 37.6 Å². The van der Waals surface area contributed by atoms with Crippen molar-refractivity contribution in [2.24, 2.45) is 5.92 Å². The van der Waals surface area contributed by atoms with E-state index in [0.29, 0.717) is 18.7 Å². The fourth-order valence-corrected chi connectivity index (χ4v) is 4.57. The summed E-state index contributed by atoms with van der Waals surface area (Å²) in [6.45, 7) is -0.302. The number of hydrogen-bond donors (Lipinski definition) is 0. The zero-order chi connectivity index (χ0) is 22.2. The molecule has 3 fully saturated rings. The molecule has 0 spiro atoms. The Morgan fingerprint density at radius 3 is 2.66 bits per heavy atom. The van der Waals surface area contributed by atoms with Crippen LogP contribution in [0, 0.1) is 5.92 Å². The van der Waals surface area contributed by atoms with Gasteiger partial charge in [0.2, 0.25) is 17.6 Å². The SMILES string of the molecule is COC(=O)CN1C(=O)N(Cc2nc(-c3ccccc3)no2)C(=O)C2CC3OCOC3CC21. The van der Waals surface area contributed by atoms with Gasteiger partial charge in [0.15, 0.2) is 0 Å². The van der Waals surface area contributed by atoms with Crippen molar-refractivity contribution in [2.75, 3.05) is 20.4 Å². The molecule has 32 heavy (non-hydrogen) atoms.